The maximum absolute atomic E-state index is 11.8. The quantitative estimate of drug-likeness (QED) is 0.568. The number of ketones is 1. The Morgan fingerprint density at radius 1 is 0.769 bits per heavy atom. The number of carbonyl (C=O) groups excluding carboxylic acids is 3. The first-order valence-corrected chi connectivity index (χ1v) is 7.99. The summed E-state index contributed by atoms with van der Waals surface area (Å²) in [5.41, 5.74) is 11.9. The maximum Gasteiger partial charge on any atom is 0.338 e. The van der Waals surface area contributed by atoms with E-state index in [1.807, 2.05) is 0 Å². The van der Waals surface area contributed by atoms with E-state index in [-0.39, 0.29) is 22.5 Å². The van der Waals surface area contributed by atoms with Gasteiger partial charge in [-0.15, -0.1) is 0 Å². The molecule has 0 saturated heterocycles. The molecule has 0 heterocycles. The highest BCUT2D eigenvalue weighted by atomic mass is 35.5. The minimum atomic E-state index is -0.751. The molecule has 7 nitrogen and oxygen atoms in total. The fourth-order valence-electron chi connectivity index (χ4n) is 1.84. The first-order valence-electron chi connectivity index (χ1n) is 7.24. The van der Waals surface area contributed by atoms with E-state index in [1.165, 1.54) is 36.4 Å². The predicted molar refractivity (Wildman–Crippen MR) is 97.3 cm³/mol. The highest BCUT2D eigenvalue weighted by Crippen LogP contribution is 2.20. The van der Waals surface area contributed by atoms with Crippen molar-refractivity contribution < 1.29 is 23.9 Å². The second-order valence-electron chi connectivity index (χ2n) is 5.16. The predicted octanol–water partition coefficient (Wildman–Crippen LogP) is 2.74. The van der Waals surface area contributed by atoms with Gasteiger partial charge in [0.15, 0.2) is 13.2 Å². The second-order valence-corrected chi connectivity index (χ2v) is 5.98. The molecule has 26 heavy (non-hydrogen) atoms. The van der Waals surface area contributed by atoms with Crippen molar-refractivity contribution in [3.8, 4) is 0 Å². The summed E-state index contributed by atoms with van der Waals surface area (Å²) in [4.78, 5) is 35.4. The van der Waals surface area contributed by atoms with Crippen LogP contribution in [0.3, 0.4) is 0 Å². The lowest BCUT2D eigenvalue weighted by Crippen LogP contribution is -2.20. The summed E-state index contributed by atoms with van der Waals surface area (Å²) in [6, 6.07) is 8.37. The molecule has 0 radical (unpaired) electrons. The lowest BCUT2D eigenvalue weighted by molar-refractivity contribution is -0.125. The largest absolute Gasteiger partial charge is 0.454 e. The summed E-state index contributed by atoms with van der Waals surface area (Å²) < 4.78 is 9.68. The Hall–Kier alpha value is -2.77. The van der Waals surface area contributed by atoms with E-state index in [1.54, 1.807) is 0 Å². The fourth-order valence-corrected chi connectivity index (χ4v) is 2.08. The molecule has 0 atom stereocenters. The number of halogens is 2. The normalized spacial score (nSPS) is 10.2. The van der Waals surface area contributed by atoms with Crippen LogP contribution in [0, 0.1) is 0 Å². The molecule has 0 bridgehead atoms. The molecule has 0 amide bonds. The number of ether oxygens (including phenoxy) is 2. The van der Waals surface area contributed by atoms with Gasteiger partial charge in [0.25, 0.3) is 0 Å². The van der Waals surface area contributed by atoms with E-state index in [9.17, 15) is 14.4 Å². The van der Waals surface area contributed by atoms with Crippen molar-refractivity contribution in [1.29, 1.82) is 0 Å². The molecule has 0 aliphatic carbocycles. The van der Waals surface area contributed by atoms with E-state index in [0.717, 1.165) is 0 Å². The van der Waals surface area contributed by atoms with Gasteiger partial charge < -0.3 is 20.9 Å². The summed E-state index contributed by atoms with van der Waals surface area (Å²) >= 11 is 11.5. The second kappa shape index (κ2) is 8.55. The number of hydrogen-bond donors (Lipinski definition) is 2. The maximum atomic E-state index is 11.8. The topological polar surface area (TPSA) is 122 Å². The van der Waals surface area contributed by atoms with Gasteiger partial charge in [-0.25, -0.2) is 9.59 Å². The first kappa shape index (κ1) is 19.6. The Bertz CT molecular complexity index is 801. The monoisotopic (exact) mass is 396 g/mol. The highest BCUT2D eigenvalue weighted by molar-refractivity contribution is 6.33. The summed E-state index contributed by atoms with van der Waals surface area (Å²) in [6.45, 7) is -1.12. The number of nitrogen functional groups attached to an aromatic ring is 2. The fraction of sp³-hybridized carbons (Fsp3) is 0.118. The molecule has 0 aliphatic rings. The molecule has 9 heteroatoms. The molecule has 0 fully saturated rings. The van der Waals surface area contributed by atoms with Crippen LogP contribution >= 0.6 is 23.2 Å². The van der Waals surface area contributed by atoms with Gasteiger partial charge in [-0.3, -0.25) is 4.79 Å². The van der Waals surface area contributed by atoms with Gasteiger partial charge in [0.1, 0.15) is 0 Å². The Morgan fingerprint density at radius 3 is 1.50 bits per heavy atom. The van der Waals surface area contributed by atoms with Crippen LogP contribution in [0.1, 0.15) is 20.7 Å². The van der Waals surface area contributed by atoms with Crippen LogP contribution in [0.25, 0.3) is 0 Å². The van der Waals surface area contributed by atoms with Crippen molar-refractivity contribution in [1.82, 2.24) is 0 Å². The SMILES string of the molecule is Nc1cc(C(=O)OCC(=O)COC(=O)c2ccc(Cl)c(N)c2)ccc1Cl. The third kappa shape index (κ3) is 5.11. The Kier molecular flexibility index (Phi) is 6.43. The van der Waals surface area contributed by atoms with Crippen LogP contribution < -0.4 is 11.5 Å². The van der Waals surface area contributed by atoms with Crippen molar-refractivity contribution in [2.45, 2.75) is 0 Å². The third-order valence-electron chi connectivity index (χ3n) is 3.19. The van der Waals surface area contributed by atoms with Crippen molar-refractivity contribution >= 4 is 52.3 Å². The van der Waals surface area contributed by atoms with Gasteiger partial charge in [0.2, 0.25) is 5.78 Å². The van der Waals surface area contributed by atoms with E-state index < -0.39 is 30.9 Å². The zero-order valence-corrected chi connectivity index (χ0v) is 14.8. The first-order chi connectivity index (χ1) is 12.3. The summed E-state index contributed by atoms with van der Waals surface area (Å²) in [7, 11) is 0. The van der Waals surface area contributed by atoms with Crippen molar-refractivity contribution in [2.24, 2.45) is 0 Å². The van der Waals surface area contributed by atoms with E-state index in [2.05, 4.69) is 0 Å². The van der Waals surface area contributed by atoms with Crippen LogP contribution in [-0.4, -0.2) is 30.9 Å². The summed E-state index contributed by atoms with van der Waals surface area (Å²) in [6.07, 6.45) is 0. The van der Waals surface area contributed by atoms with Gasteiger partial charge in [-0.2, -0.15) is 0 Å². The van der Waals surface area contributed by atoms with Gasteiger partial charge in [0.05, 0.1) is 32.5 Å². The number of anilines is 2. The number of esters is 2. The summed E-state index contributed by atoms with van der Waals surface area (Å²) in [5.74, 6) is -2.10. The minimum absolute atomic E-state index is 0.147. The lowest BCUT2D eigenvalue weighted by atomic mass is 10.2. The number of hydrogen-bond acceptors (Lipinski definition) is 7. The smallest absolute Gasteiger partial charge is 0.338 e. The molecular weight excluding hydrogens is 383 g/mol. The molecule has 0 aliphatic heterocycles. The van der Waals surface area contributed by atoms with Crippen molar-refractivity contribution in [3.05, 3.63) is 57.6 Å². The van der Waals surface area contributed by atoms with Gasteiger partial charge >= 0.3 is 11.9 Å². The van der Waals surface area contributed by atoms with Gasteiger partial charge in [-0.1, -0.05) is 23.2 Å². The summed E-state index contributed by atoms with van der Waals surface area (Å²) in [5, 5.41) is 0.597. The average molecular weight is 397 g/mol. The molecule has 4 N–H and O–H groups in total. The van der Waals surface area contributed by atoms with Crippen LogP contribution in [0.4, 0.5) is 11.4 Å². The molecule has 136 valence electrons. The molecule has 0 unspecified atom stereocenters. The number of rotatable bonds is 6. The van der Waals surface area contributed by atoms with Gasteiger partial charge in [-0.05, 0) is 36.4 Å². The van der Waals surface area contributed by atoms with E-state index in [4.69, 9.17) is 44.1 Å². The molecule has 2 aromatic carbocycles. The number of nitrogens with two attached hydrogens (primary N) is 2. The molecule has 0 spiro atoms. The Labute approximate surface area is 158 Å². The molecular formula is C17H14Cl2N2O5. The molecule has 2 aromatic rings. The number of carbonyl (C=O) groups is 3. The third-order valence-corrected chi connectivity index (χ3v) is 3.88. The van der Waals surface area contributed by atoms with Gasteiger partial charge in [0, 0.05) is 0 Å². The Balaban J connectivity index is 1.82. The molecule has 0 saturated carbocycles. The van der Waals surface area contributed by atoms with Crippen LogP contribution in [0.2, 0.25) is 10.0 Å². The minimum Gasteiger partial charge on any atom is -0.454 e. The molecule has 2 rings (SSSR count). The number of Topliss-reactive ketones (excluding diaryl/α,β-unsaturated/α-hetero) is 1. The van der Waals surface area contributed by atoms with Crippen molar-refractivity contribution in [2.75, 3.05) is 24.7 Å². The standard InChI is InChI=1S/C17H14Cl2N2O5/c18-12-3-1-9(5-14(12)20)16(23)25-7-11(22)8-26-17(24)10-2-4-13(19)15(21)6-10/h1-6H,7-8,20-21H2. The zero-order valence-electron chi connectivity index (χ0n) is 13.3. The van der Waals surface area contributed by atoms with Crippen LogP contribution in [0.15, 0.2) is 36.4 Å². The zero-order chi connectivity index (χ0) is 19.3. The van der Waals surface area contributed by atoms with E-state index in [0.29, 0.717) is 10.0 Å². The van der Waals surface area contributed by atoms with Crippen molar-refractivity contribution in [3.63, 3.8) is 0 Å². The lowest BCUT2D eigenvalue weighted by Gasteiger charge is -2.07. The Morgan fingerprint density at radius 2 is 1.15 bits per heavy atom. The average Bonchev–Trinajstić information content (AvgIpc) is 2.62. The highest BCUT2D eigenvalue weighted by Gasteiger charge is 2.14. The van der Waals surface area contributed by atoms with Crippen LogP contribution in [-0.2, 0) is 14.3 Å². The molecule has 0 aromatic heterocycles. The van der Waals surface area contributed by atoms with Crippen LogP contribution in [0.5, 0.6) is 0 Å². The number of benzene rings is 2. The van der Waals surface area contributed by atoms with E-state index >= 15 is 0 Å².